The van der Waals surface area contributed by atoms with Crippen LogP contribution < -0.4 is 5.73 Å². The molecular weight excluding hydrogens is 256 g/mol. The van der Waals surface area contributed by atoms with Gasteiger partial charge in [0.2, 0.25) is 0 Å². The summed E-state index contributed by atoms with van der Waals surface area (Å²) in [6.45, 7) is 0.930. The lowest BCUT2D eigenvalue weighted by Gasteiger charge is -2.19. The van der Waals surface area contributed by atoms with Gasteiger partial charge in [0, 0.05) is 24.2 Å². The quantitative estimate of drug-likeness (QED) is 0.478. The monoisotopic (exact) mass is 280 g/mol. The Labute approximate surface area is 119 Å². The molecule has 0 aliphatic heterocycles. The van der Waals surface area contributed by atoms with Crippen LogP contribution in [0.5, 0.6) is 0 Å². The van der Waals surface area contributed by atoms with Crippen molar-refractivity contribution in [1.82, 2.24) is 9.97 Å². The van der Waals surface area contributed by atoms with E-state index in [0.29, 0.717) is 0 Å². The molecule has 1 aliphatic carbocycles. The molecule has 5 heteroatoms. The summed E-state index contributed by atoms with van der Waals surface area (Å²) in [5.74, 6) is 1.80. The van der Waals surface area contributed by atoms with Crippen LogP contribution in [0.25, 0.3) is 0 Å². The Kier molecular flexibility index (Phi) is 6.27. The zero-order valence-electron chi connectivity index (χ0n) is 11.5. The van der Waals surface area contributed by atoms with Gasteiger partial charge < -0.3 is 10.7 Å². The molecule has 0 atom stereocenters. The molecule has 3 N–H and O–H groups in total. The number of nitrogens with one attached hydrogen (secondary N) is 1. The number of rotatable bonds is 6. The van der Waals surface area contributed by atoms with E-state index < -0.39 is 0 Å². The largest absolute Gasteiger partial charge is 0.379 e. The number of amidine groups is 1. The van der Waals surface area contributed by atoms with Gasteiger partial charge in [-0.1, -0.05) is 31.0 Å². The summed E-state index contributed by atoms with van der Waals surface area (Å²) in [6.07, 6.45) is 12.6. The van der Waals surface area contributed by atoms with Crippen LogP contribution in [-0.4, -0.2) is 27.4 Å². The number of aromatic nitrogens is 2. The Morgan fingerprint density at radius 2 is 2.26 bits per heavy atom. The first kappa shape index (κ1) is 14.4. The fourth-order valence-electron chi connectivity index (χ4n) is 2.50. The van der Waals surface area contributed by atoms with Gasteiger partial charge >= 0.3 is 0 Å². The predicted octanol–water partition coefficient (Wildman–Crippen LogP) is 2.97. The zero-order valence-corrected chi connectivity index (χ0v) is 12.3. The highest BCUT2D eigenvalue weighted by Gasteiger charge is 2.12. The summed E-state index contributed by atoms with van der Waals surface area (Å²) in [4.78, 5) is 11.6. The number of hydrogen-bond donors (Lipinski definition) is 2. The van der Waals surface area contributed by atoms with Crippen LogP contribution in [-0.2, 0) is 6.42 Å². The molecule has 2 rings (SSSR count). The molecule has 1 saturated carbocycles. The molecule has 1 heterocycles. The van der Waals surface area contributed by atoms with E-state index in [1.165, 1.54) is 37.8 Å². The van der Waals surface area contributed by atoms with Crippen LogP contribution in [0.2, 0.25) is 0 Å². The number of hydrogen-bond acceptors (Lipinski definition) is 3. The third kappa shape index (κ3) is 5.68. The van der Waals surface area contributed by atoms with E-state index in [0.717, 1.165) is 36.2 Å². The number of nitrogens with two attached hydrogens (primary N) is 1. The lowest BCUT2D eigenvalue weighted by Crippen LogP contribution is -2.14. The van der Waals surface area contributed by atoms with Gasteiger partial charge in [-0.05, 0) is 31.6 Å². The molecule has 0 aromatic carbocycles. The minimum atomic E-state index is 0.759. The third-order valence-electron chi connectivity index (χ3n) is 3.63. The van der Waals surface area contributed by atoms with E-state index in [1.807, 2.05) is 6.20 Å². The molecule has 106 valence electrons. The molecule has 0 bridgehead atoms. The number of aryl methyl sites for hydroxylation is 1. The number of nitrogens with zero attached hydrogens (tertiary/aromatic N) is 2. The molecule has 0 saturated heterocycles. The minimum absolute atomic E-state index is 0.759. The van der Waals surface area contributed by atoms with Crippen molar-refractivity contribution >= 4 is 16.9 Å². The van der Waals surface area contributed by atoms with Crippen molar-refractivity contribution in [3.05, 3.63) is 18.2 Å². The molecule has 0 radical (unpaired) electrons. The summed E-state index contributed by atoms with van der Waals surface area (Å²) >= 11 is 1.68. The van der Waals surface area contributed by atoms with Crippen molar-refractivity contribution in [3.8, 4) is 0 Å². The molecule has 1 aromatic rings. The Morgan fingerprint density at radius 1 is 1.42 bits per heavy atom. The summed E-state index contributed by atoms with van der Waals surface area (Å²) in [5, 5.41) is 0.759. The van der Waals surface area contributed by atoms with Gasteiger partial charge in [-0.3, -0.25) is 4.99 Å². The first-order chi connectivity index (χ1) is 9.34. The van der Waals surface area contributed by atoms with Crippen molar-refractivity contribution in [2.75, 3.05) is 12.3 Å². The normalized spacial score (nSPS) is 17.8. The van der Waals surface area contributed by atoms with Gasteiger partial charge in [0.05, 0.1) is 6.33 Å². The number of imidazole rings is 1. The van der Waals surface area contributed by atoms with Gasteiger partial charge in [-0.15, -0.1) is 0 Å². The van der Waals surface area contributed by atoms with Crippen molar-refractivity contribution in [3.63, 3.8) is 0 Å². The lowest BCUT2D eigenvalue weighted by atomic mass is 9.89. The zero-order chi connectivity index (χ0) is 13.3. The maximum Gasteiger partial charge on any atom is 0.153 e. The maximum absolute atomic E-state index is 5.94. The summed E-state index contributed by atoms with van der Waals surface area (Å²) in [5.41, 5.74) is 7.14. The molecule has 4 nitrogen and oxygen atoms in total. The summed E-state index contributed by atoms with van der Waals surface area (Å²) < 4.78 is 0. The molecule has 1 fully saturated rings. The fourth-order valence-corrected chi connectivity index (χ4v) is 3.16. The molecule has 1 aromatic heterocycles. The number of thioether (sulfide) groups is 1. The van der Waals surface area contributed by atoms with Crippen LogP contribution in [0, 0.1) is 5.92 Å². The second-order valence-electron chi connectivity index (χ2n) is 5.21. The number of H-pyrrole nitrogens is 1. The number of aromatic amines is 1. The molecule has 0 amide bonds. The van der Waals surface area contributed by atoms with Gasteiger partial charge in [0.25, 0.3) is 0 Å². The summed E-state index contributed by atoms with van der Waals surface area (Å²) in [7, 11) is 0. The smallest absolute Gasteiger partial charge is 0.153 e. The van der Waals surface area contributed by atoms with Crippen molar-refractivity contribution < 1.29 is 0 Å². The SMILES string of the molecule is NC(=NCC1CCCCC1)SCCCc1cnc[nH]1. The van der Waals surface area contributed by atoms with Crippen LogP contribution >= 0.6 is 11.8 Å². The average molecular weight is 280 g/mol. The van der Waals surface area contributed by atoms with E-state index in [2.05, 4.69) is 15.0 Å². The molecular formula is C14H24N4S. The highest BCUT2D eigenvalue weighted by molar-refractivity contribution is 8.13. The highest BCUT2D eigenvalue weighted by atomic mass is 32.2. The first-order valence-corrected chi connectivity index (χ1v) is 8.23. The van der Waals surface area contributed by atoms with E-state index >= 15 is 0 Å². The highest BCUT2D eigenvalue weighted by Crippen LogP contribution is 2.23. The van der Waals surface area contributed by atoms with Crippen molar-refractivity contribution in [2.45, 2.75) is 44.9 Å². The van der Waals surface area contributed by atoms with Crippen LogP contribution in [0.1, 0.15) is 44.2 Å². The van der Waals surface area contributed by atoms with Gasteiger partial charge in [-0.25, -0.2) is 4.98 Å². The van der Waals surface area contributed by atoms with E-state index in [9.17, 15) is 0 Å². The Bertz CT molecular complexity index is 369. The topological polar surface area (TPSA) is 67.1 Å². The van der Waals surface area contributed by atoms with Crippen LogP contribution in [0.3, 0.4) is 0 Å². The maximum atomic E-state index is 5.94. The Hall–Kier alpha value is -0.970. The number of aliphatic imine (C=N–C) groups is 1. The second-order valence-corrected chi connectivity index (χ2v) is 6.33. The van der Waals surface area contributed by atoms with Crippen molar-refractivity contribution in [1.29, 1.82) is 0 Å². The summed E-state index contributed by atoms with van der Waals surface area (Å²) in [6, 6.07) is 0. The minimum Gasteiger partial charge on any atom is -0.379 e. The Morgan fingerprint density at radius 3 is 3.00 bits per heavy atom. The molecule has 19 heavy (non-hydrogen) atoms. The third-order valence-corrected chi connectivity index (χ3v) is 4.54. The van der Waals surface area contributed by atoms with Gasteiger partial charge in [0.1, 0.15) is 0 Å². The molecule has 1 aliphatic rings. The standard InChI is InChI=1S/C14H24N4S/c15-14(17-9-12-5-2-1-3-6-12)19-8-4-7-13-10-16-11-18-13/h10-12H,1-9H2,(H2,15,17)(H,16,18). The van der Waals surface area contributed by atoms with Crippen LogP contribution in [0.15, 0.2) is 17.5 Å². The van der Waals surface area contributed by atoms with E-state index in [-0.39, 0.29) is 0 Å². The van der Waals surface area contributed by atoms with E-state index in [4.69, 9.17) is 5.73 Å². The van der Waals surface area contributed by atoms with Gasteiger partial charge in [0.15, 0.2) is 5.17 Å². The average Bonchev–Trinajstić information content (AvgIpc) is 2.96. The fraction of sp³-hybridized carbons (Fsp3) is 0.714. The first-order valence-electron chi connectivity index (χ1n) is 7.24. The lowest BCUT2D eigenvalue weighted by molar-refractivity contribution is 0.367. The predicted molar refractivity (Wildman–Crippen MR) is 82.4 cm³/mol. The molecule has 0 spiro atoms. The molecule has 0 unspecified atom stereocenters. The van der Waals surface area contributed by atoms with E-state index in [1.54, 1.807) is 18.1 Å². The second kappa shape index (κ2) is 8.25. The van der Waals surface area contributed by atoms with Gasteiger partial charge in [-0.2, -0.15) is 0 Å². The Balaban J connectivity index is 1.56. The van der Waals surface area contributed by atoms with Crippen molar-refractivity contribution in [2.24, 2.45) is 16.6 Å². The van der Waals surface area contributed by atoms with Crippen LogP contribution in [0.4, 0.5) is 0 Å².